The summed E-state index contributed by atoms with van der Waals surface area (Å²) in [4.78, 5) is 59.2. The molecule has 0 spiro atoms. The van der Waals surface area contributed by atoms with Crippen LogP contribution in [0, 0.1) is 13.8 Å². The first-order chi connectivity index (χ1) is 43.7. The fourth-order valence-electron chi connectivity index (χ4n) is 9.45. The second-order valence-electron chi connectivity index (χ2n) is 20.8. The summed E-state index contributed by atoms with van der Waals surface area (Å²) in [7, 11) is -3.45. The Kier molecular flexibility index (Phi) is 24.8. The molecule has 488 valence electrons. The molecule has 4 aliphatic rings. The van der Waals surface area contributed by atoms with Crippen molar-refractivity contribution in [3.05, 3.63) is 112 Å². The smallest absolute Gasteiger partial charge is 0.399 e. The number of halogens is 5. The number of benzene rings is 2. The number of nitrogens with two attached hydrogens (primary N) is 1. The molecule has 31 heteroatoms. The van der Waals surface area contributed by atoms with E-state index in [1.165, 1.54) is 6.07 Å². The van der Waals surface area contributed by atoms with E-state index in [-0.39, 0.29) is 15.9 Å². The number of rotatable bonds is 15. The van der Waals surface area contributed by atoms with Crippen molar-refractivity contribution in [3.8, 4) is 22.5 Å². The van der Waals surface area contributed by atoms with Crippen LogP contribution in [0.3, 0.4) is 0 Å². The van der Waals surface area contributed by atoms with Crippen molar-refractivity contribution < 1.29 is 45.3 Å². The van der Waals surface area contributed by atoms with Crippen LogP contribution in [0.4, 0.5) is 65.7 Å². The fraction of sp³-hybridized carbons (Fsp3) is 0.433. The summed E-state index contributed by atoms with van der Waals surface area (Å²) in [5.74, 6) is 4.11. The molecule has 0 unspecified atom stereocenters. The molecule has 0 radical (unpaired) electrons. The van der Waals surface area contributed by atoms with Gasteiger partial charge in [0, 0.05) is 137 Å². The standard InChI is InChI=1S/C24H25F3N6O2.C17H23N5O.C10H15ClN4O.C9H12ClN3O3S/c1-3-28-23-31-19(14-21(32-23)33-8-10-35-11-9-33)18-13-17(5-4-15(18)2)30-22(34)16-6-7-29-20(12-16)24(25,26)27;1-3-19-17-20-15(14-10-13(18)5-4-12(14)2)11-16(21-17)22-6-8-23-9-7-22;1-2-12-10-13-8(11)7-9(14-10)15-3-5-16-6-4-15;1-17(14,15)9-11-7(10)6-8(12-9)13-2-4-16-5-3-13/h4-7,12-14H,3,8-11H2,1-2H3,(H,30,34)(H,28,31,32);4-5,10-11H,3,6-9,18H2,1-2H3,(H,19,20,21);7H,2-6H2,1H3,(H,12,13,14);6H,2-5H2,1H3. The zero-order chi connectivity index (χ0) is 65.1. The number of aromatic nitrogens is 9. The van der Waals surface area contributed by atoms with Crippen molar-refractivity contribution in [2.75, 3.05) is 178 Å². The Hall–Kier alpha value is -8.06. The highest BCUT2D eigenvalue weighted by Gasteiger charge is 2.33. The number of alkyl halides is 3. The third-order valence-corrected chi connectivity index (χ3v) is 15.3. The molecule has 4 aliphatic heterocycles. The van der Waals surface area contributed by atoms with Gasteiger partial charge in [0.05, 0.1) is 64.2 Å². The Morgan fingerprint density at radius 3 is 1.40 bits per heavy atom. The largest absolute Gasteiger partial charge is 0.433 e. The minimum absolute atomic E-state index is 0.127. The third kappa shape index (κ3) is 20.2. The molecule has 4 fully saturated rings. The summed E-state index contributed by atoms with van der Waals surface area (Å²) < 4.78 is 83.1. The number of pyridine rings is 1. The molecule has 6 N–H and O–H groups in total. The van der Waals surface area contributed by atoms with Crippen LogP contribution in [0.1, 0.15) is 48.0 Å². The first kappa shape index (κ1) is 68.8. The van der Waals surface area contributed by atoms with Crippen LogP contribution >= 0.6 is 23.2 Å². The van der Waals surface area contributed by atoms with Crippen molar-refractivity contribution in [2.24, 2.45) is 0 Å². The topological polar surface area (TPSA) is 291 Å². The van der Waals surface area contributed by atoms with Gasteiger partial charge in [0.2, 0.25) is 32.8 Å². The van der Waals surface area contributed by atoms with Crippen molar-refractivity contribution in [3.63, 3.8) is 0 Å². The summed E-state index contributed by atoms with van der Waals surface area (Å²) in [6.07, 6.45) is -2.61. The van der Waals surface area contributed by atoms with Gasteiger partial charge in [-0.1, -0.05) is 35.3 Å². The molecule has 5 aromatic heterocycles. The van der Waals surface area contributed by atoms with Crippen molar-refractivity contribution in [2.45, 2.75) is 46.0 Å². The Bertz CT molecular complexity index is 3670. The second kappa shape index (κ2) is 32.8. The van der Waals surface area contributed by atoms with Gasteiger partial charge in [-0.2, -0.15) is 28.1 Å². The Morgan fingerprint density at radius 1 is 0.549 bits per heavy atom. The summed E-state index contributed by atoms with van der Waals surface area (Å²) in [6.45, 7) is 23.7. The average molecular weight is 1320 g/mol. The van der Waals surface area contributed by atoms with Crippen molar-refractivity contribution in [1.82, 2.24) is 44.9 Å². The lowest BCUT2D eigenvalue weighted by Gasteiger charge is -2.28. The zero-order valence-corrected chi connectivity index (χ0v) is 53.8. The lowest BCUT2D eigenvalue weighted by molar-refractivity contribution is -0.141. The van der Waals surface area contributed by atoms with Crippen LogP contribution in [0.15, 0.2) is 84.1 Å². The van der Waals surface area contributed by atoms with Gasteiger partial charge >= 0.3 is 6.18 Å². The number of anilines is 9. The van der Waals surface area contributed by atoms with E-state index in [0.29, 0.717) is 99.3 Å². The molecule has 4 saturated heterocycles. The second-order valence-corrected chi connectivity index (χ2v) is 23.5. The summed E-state index contributed by atoms with van der Waals surface area (Å²) in [5.41, 5.74) is 11.3. The van der Waals surface area contributed by atoms with Gasteiger partial charge in [-0.15, -0.1) is 0 Å². The van der Waals surface area contributed by atoms with Gasteiger partial charge in [0.15, 0.2) is 0 Å². The van der Waals surface area contributed by atoms with Crippen LogP contribution in [-0.2, 0) is 35.0 Å². The number of amides is 1. The number of ether oxygens (including phenoxy) is 4. The van der Waals surface area contributed by atoms with Crippen LogP contribution in [0.5, 0.6) is 0 Å². The normalized spacial score (nSPS) is 15.2. The fourth-order valence-corrected chi connectivity index (χ4v) is 10.4. The number of hydrogen-bond donors (Lipinski definition) is 5. The number of carbonyl (C=O) groups is 1. The minimum Gasteiger partial charge on any atom is -0.399 e. The molecule has 9 heterocycles. The summed E-state index contributed by atoms with van der Waals surface area (Å²) in [6, 6.07) is 20.4. The number of nitrogens with one attached hydrogen (secondary N) is 4. The maximum atomic E-state index is 13.0. The maximum Gasteiger partial charge on any atom is 0.433 e. The van der Waals surface area contributed by atoms with Crippen molar-refractivity contribution >= 4 is 91.4 Å². The van der Waals surface area contributed by atoms with Gasteiger partial charge in [-0.25, -0.2) is 33.3 Å². The molecular formula is C60H75Cl2F3N18O7S. The molecule has 7 aromatic rings. The van der Waals surface area contributed by atoms with Crippen LogP contribution in [0.25, 0.3) is 22.5 Å². The summed E-state index contributed by atoms with van der Waals surface area (Å²) >= 11 is 11.8. The van der Waals surface area contributed by atoms with Crippen LogP contribution < -0.4 is 46.6 Å². The Balaban J connectivity index is 0.000000165. The molecule has 11 rings (SSSR count). The Morgan fingerprint density at radius 2 is 0.956 bits per heavy atom. The predicted molar refractivity (Wildman–Crippen MR) is 348 cm³/mol. The lowest BCUT2D eigenvalue weighted by atomic mass is 10.0. The van der Waals surface area contributed by atoms with Gasteiger partial charge in [-0.05, 0) is 82.1 Å². The molecule has 0 saturated carbocycles. The van der Waals surface area contributed by atoms with Gasteiger partial charge in [0.25, 0.3) is 5.91 Å². The number of hydrogen-bond acceptors (Lipinski definition) is 24. The first-order valence-electron chi connectivity index (χ1n) is 29.6. The van der Waals surface area contributed by atoms with E-state index < -0.39 is 27.6 Å². The maximum absolute atomic E-state index is 13.0. The van der Waals surface area contributed by atoms with Crippen LogP contribution in [0.2, 0.25) is 10.3 Å². The Labute approximate surface area is 537 Å². The molecule has 25 nitrogen and oxygen atoms in total. The molecule has 0 aliphatic carbocycles. The molecule has 0 bridgehead atoms. The monoisotopic (exact) mass is 1320 g/mol. The molecule has 1 amide bonds. The van der Waals surface area contributed by atoms with E-state index in [0.717, 1.165) is 135 Å². The highest BCUT2D eigenvalue weighted by atomic mass is 35.5. The number of nitrogens with zero attached hydrogens (tertiary/aromatic N) is 13. The van der Waals surface area contributed by atoms with E-state index >= 15 is 0 Å². The van der Waals surface area contributed by atoms with E-state index in [4.69, 9.17) is 47.9 Å². The molecule has 91 heavy (non-hydrogen) atoms. The van der Waals surface area contributed by atoms with Gasteiger partial charge in [-0.3, -0.25) is 9.78 Å². The number of sulfone groups is 1. The van der Waals surface area contributed by atoms with E-state index in [1.807, 2.05) is 69.0 Å². The quantitative estimate of drug-likeness (QED) is 0.0365. The SMILES string of the molecule is CCNc1nc(-c2cc(N)ccc2C)cc(N2CCOCC2)n1.CCNc1nc(-c2cc(NC(=O)c3ccnc(C(F)(F)F)c3)ccc2C)cc(N2CCOCC2)n1.CCNc1nc(Cl)cc(N2CCOCC2)n1.CS(=O)(=O)c1nc(Cl)cc(N2CCOCC2)n1. The molecule has 0 atom stereocenters. The number of aryl methyl sites for hydroxylation is 2. The molecular weight excluding hydrogens is 1240 g/mol. The first-order valence-corrected chi connectivity index (χ1v) is 32.2. The van der Waals surface area contributed by atoms with E-state index in [9.17, 15) is 26.4 Å². The van der Waals surface area contributed by atoms with Gasteiger partial charge < -0.3 is 65.5 Å². The zero-order valence-electron chi connectivity index (χ0n) is 51.5. The average Bonchev–Trinajstić information content (AvgIpc) is 1.24. The van der Waals surface area contributed by atoms with Crippen LogP contribution in [-0.4, -0.2) is 190 Å². The number of carbonyl (C=O) groups excluding carboxylic acids is 1. The number of morpholine rings is 4. The van der Waals surface area contributed by atoms with Crippen molar-refractivity contribution in [1.29, 1.82) is 0 Å². The molecule has 2 aromatic carbocycles. The van der Waals surface area contributed by atoms with E-state index in [1.54, 1.807) is 24.3 Å². The predicted octanol–water partition coefficient (Wildman–Crippen LogP) is 8.46. The highest BCUT2D eigenvalue weighted by molar-refractivity contribution is 7.90. The van der Waals surface area contributed by atoms with Gasteiger partial charge in [0.1, 0.15) is 39.3 Å². The highest BCUT2D eigenvalue weighted by Crippen LogP contribution is 2.32. The third-order valence-electron chi connectivity index (χ3n) is 14.1. The minimum atomic E-state index is -4.64. The van der Waals surface area contributed by atoms with E-state index in [2.05, 4.69) is 87.7 Å². The summed E-state index contributed by atoms with van der Waals surface area (Å²) in [5, 5.41) is 12.5. The lowest BCUT2D eigenvalue weighted by Crippen LogP contribution is -2.37. The number of nitrogen functional groups attached to an aromatic ring is 1.